The molecule has 1 atom stereocenters. The van der Waals surface area contributed by atoms with Crippen LogP contribution in [0.2, 0.25) is 0 Å². The largest absolute Gasteiger partial charge is 0.461 e. The van der Waals surface area contributed by atoms with Crippen LogP contribution < -0.4 is 0 Å². The van der Waals surface area contributed by atoms with Crippen LogP contribution in [0.1, 0.15) is 132 Å². The number of carbonyl (C=O) groups excluding carboxylic acids is 1. The summed E-state index contributed by atoms with van der Waals surface area (Å²) in [7, 11) is 0. The standard InChI is InChI=1S/C28H48O2.H3P/c1-5-6-7-8-9-10-11-12-13-14-15-16-17-18-19-20-28(29)30-23-27-22-21-24(2)25(3)26(27)4;/h21-22H,5-20,23H2,1-4H3;1H3. The van der Waals surface area contributed by atoms with Gasteiger partial charge in [-0.1, -0.05) is 109 Å². The first-order valence-electron chi connectivity index (χ1n) is 12.8. The molecular weight excluding hydrogens is 399 g/mol. The number of rotatable bonds is 18. The fourth-order valence-electron chi connectivity index (χ4n) is 4.04. The van der Waals surface area contributed by atoms with Gasteiger partial charge in [-0.3, -0.25) is 4.79 Å². The summed E-state index contributed by atoms with van der Waals surface area (Å²) < 4.78 is 5.48. The molecule has 1 rings (SSSR count). The predicted molar refractivity (Wildman–Crippen MR) is 141 cm³/mol. The van der Waals surface area contributed by atoms with Crippen molar-refractivity contribution in [2.24, 2.45) is 0 Å². The molecule has 0 heterocycles. The summed E-state index contributed by atoms with van der Waals surface area (Å²) in [5.74, 6) is -0.0534. The number of aryl methyl sites for hydroxylation is 1. The van der Waals surface area contributed by atoms with Crippen molar-refractivity contribution in [2.75, 3.05) is 0 Å². The molecule has 0 radical (unpaired) electrons. The molecule has 1 aromatic rings. The average molecular weight is 451 g/mol. The average Bonchev–Trinajstić information content (AvgIpc) is 2.74. The van der Waals surface area contributed by atoms with E-state index in [9.17, 15) is 4.79 Å². The quantitative estimate of drug-likeness (QED) is 0.127. The minimum absolute atomic E-state index is 0. The van der Waals surface area contributed by atoms with E-state index in [-0.39, 0.29) is 15.9 Å². The third-order valence-corrected chi connectivity index (χ3v) is 6.54. The molecule has 0 saturated heterocycles. The highest BCUT2D eigenvalue weighted by Crippen LogP contribution is 2.18. The molecule has 0 aliphatic rings. The van der Waals surface area contributed by atoms with Gasteiger partial charge >= 0.3 is 5.97 Å². The molecule has 0 bridgehead atoms. The van der Waals surface area contributed by atoms with E-state index in [1.165, 1.54) is 100 Å². The Hall–Kier alpha value is -0.880. The Morgan fingerprint density at radius 1 is 0.677 bits per heavy atom. The zero-order chi connectivity index (χ0) is 22.0. The zero-order valence-electron chi connectivity index (χ0n) is 21.2. The van der Waals surface area contributed by atoms with Gasteiger partial charge in [-0.05, 0) is 49.4 Å². The van der Waals surface area contributed by atoms with E-state index in [1.807, 2.05) is 0 Å². The van der Waals surface area contributed by atoms with E-state index >= 15 is 0 Å². The van der Waals surface area contributed by atoms with Crippen molar-refractivity contribution >= 4 is 15.9 Å². The molecule has 1 unspecified atom stereocenters. The zero-order valence-corrected chi connectivity index (χ0v) is 22.6. The number of unbranched alkanes of at least 4 members (excludes halogenated alkanes) is 14. The fraction of sp³-hybridized carbons (Fsp3) is 0.750. The maximum Gasteiger partial charge on any atom is 0.306 e. The SMILES string of the molecule is CCCCCCCCCCCCCCCCCC(=O)OCc1ccc(C)c(C)c1C.P. The van der Waals surface area contributed by atoms with Crippen LogP contribution in [-0.4, -0.2) is 5.97 Å². The van der Waals surface area contributed by atoms with Gasteiger partial charge in [-0.25, -0.2) is 0 Å². The van der Waals surface area contributed by atoms with Crippen molar-refractivity contribution < 1.29 is 9.53 Å². The number of ether oxygens (including phenoxy) is 1. The maximum absolute atomic E-state index is 12.0. The molecule has 31 heavy (non-hydrogen) atoms. The van der Waals surface area contributed by atoms with Gasteiger partial charge in [0.15, 0.2) is 0 Å². The second-order valence-electron chi connectivity index (χ2n) is 9.15. The number of carbonyl (C=O) groups is 1. The van der Waals surface area contributed by atoms with E-state index in [4.69, 9.17) is 4.74 Å². The molecule has 1 aromatic carbocycles. The van der Waals surface area contributed by atoms with Gasteiger partial charge in [0.2, 0.25) is 0 Å². The Labute approximate surface area is 196 Å². The van der Waals surface area contributed by atoms with Crippen LogP contribution in [-0.2, 0) is 16.1 Å². The van der Waals surface area contributed by atoms with Crippen molar-refractivity contribution in [3.05, 3.63) is 34.4 Å². The maximum atomic E-state index is 12.0. The lowest BCUT2D eigenvalue weighted by atomic mass is 9.99. The molecule has 2 nitrogen and oxygen atoms in total. The second-order valence-corrected chi connectivity index (χ2v) is 9.15. The summed E-state index contributed by atoms with van der Waals surface area (Å²) >= 11 is 0. The lowest BCUT2D eigenvalue weighted by Crippen LogP contribution is -2.06. The van der Waals surface area contributed by atoms with Crippen LogP contribution in [0.25, 0.3) is 0 Å². The normalized spacial score (nSPS) is 10.7. The molecule has 0 spiro atoms. The van der Waals surface area contributed by atoms with E-state index in [2.05, 4.69) is 39.8 Å². The van der Waals surface area contributed by atoms with Crippen molar-refractivity contribution in [1.29, 1.82) is 0 Å². The minimum atomic E-state index is -0.0534. The summed E-state index contributed by atoms with van der Waals surface area (Å²) in [5, 5.41) is 0. The number of hydrogen-bond acceptors (Lipinski definition) is 2. The Kier molecular flexibility index (Phi) is 19.2. The Bertz CT molecular complexity index is 583. The number of hydrogen-bond donors (Lipinski definition) is 0. The van der Waals surface area contributed by atoms with Crippen LogP contribution >= 0.6 is 9.90 Å². The van der Waals surface area contributed by atoms with Gasteiger partial charge in [0.1, 0.15) is 6.61 Å². The predicted octanol–water partition coefficient (Wildman–Crippen LogP) is 8.97. The lowest BCUT2D eigenvalue weighted by Gasteiger charge is -2.11. The molecule has 0 aromatic heterocycles. The first-order chi connectivity index (χ1) is 14.6. The molecule has 180 valence electrons. The van der Waals surface area contributed by atoms with Crippen molar-refractivity contribution in [3.63, 3.8) is 0 Å². The lowest BCUT2D eigenvalue weighted by molar-refractivity contribution is -0.145. The summed E-state index contributed by atoms with van der Waals surface area (Å²) in [4.78, 5) is 12.0. The van der Waals surface area contributed by atoms with E-state index in [0.717, 1.165) is 18.4 Å². The van der Waals surface area contributed by atoms with Crippen LogP contribution in [0.15, 0.2) is 12.1 Å². The van der Waals surface area contributed by atoms with Gasteiger partial charge in [0, 0.05) is 6.42 Å². The van der Waals surface area contributed by atoms with Gasteiger partial charge in [-0.15, -0.1) is 0 Å². The Balaban J connectivity index is 0.00000900. The highest BCUT2D eigenvalue weighted by Gasteiger charge is 2.07. The van der Waals surface area contributed by atoms with Crippen molar-refractivity contribution in [3.8, 4) is 0 Å². The monoisotopic (exact) mass is 450 g/mol. The molecule has 0 aliphatic heterocycles. The molecular formula is C28H51O2P. The first kappa shape index (κ1) is 30.1. The highest BCUT2D eigenvalue weighted by molar-refractivity contribution is 6.92. The molecule has 0 saturated carbocycles. The van der Waals surface area contributed by atoms with Gasteiger partial charge < -0.3 is 4.74 Å². The third kappa shape index (κ3) is 14.7. The third-order valence-electron chi connectivity index (χ3n) is 6.54. The van der Waals surface area contributed by atoms with Crippen LogP contribution in [0, 0.1) is 20.8 Å². The van der Waals surface area contributed by atoms with Crippen molar-refractivity contribution in [2.45, 2.75) is 137 Å². The van der Waals surface area contributed by atoms with Crippen molar-refractivity contribution in [1.82, 2.24) is 0 Å². The topological polar surface area (TPSA) is 26.3 Å². The molecule has 0 aliphatic carbocycles. The Morgan fingerprint density at radius 3 is 1.61 bits per heavy atom. The molecule has 0 amide bonds. The Morgan fingerprint density at radius 2 is 1.13 bits per heavy atom. The van der Waals surface area contributed by atoms with E-state index in [1.54, 1.807) is 0 Å². The van der Waals surface area contributed by atoms with E-state index < -0.39 is 0 Å². The van der Waals surface area contributed by atoms with Crippen LogP contribution in [0.4, 0.5) is 0 Å². The smallest absolute Gasteiger partial charge is 0.306 e. The molecule has 0 N–H and O–H groups in total. The highest BCUT2D eigenvalue weighted by atomic mass is 31.0. The van der Waals surface area contributed by atoms with Gasteiger partial charge in [0.05, 0.1) is 0 Å². The molecule has 3 heteroatoms. The van der Waals surface area contributed by atoms with Gasteiger partial charge in [0.25, 0.3) is 0 Å². The minimum Gasteiger partial charge on any atom is -0.461 e. The summed E-state index contributed by atoms with van der Waals surface area (Å²) in [6.07, 6.45) is 20.7. The fourth-order valence-corrected chi connectivity index (χ4v) is 4.04. The first-order valence-corrected chi connectivity index (χ1v) is 12.8. The summed E-state index contributed by atoms with van der Waals surface area (Å²) in [5.41, 5.74) is 4.96. The van der Waals surface area contributed by atoms with Crippen LogP contribution in [0.3, 0.4) is 0 Å². The summed E-state index contributed by atoms with van der Waals surface area (Å²) in [6.45, 7) is 9.05. The van der Waals surface area contributed by atoms with E-state index in [0.29, 0.717) is 13.0 Å². The molecule has 0 fully saturated rings. The number of esters is 1. The number of benzene rings is 1. The summed E-state index contributed by atoms with van der Waals surface area (Å²) in [6, 6.07) is 4.19. The van der Waals surface area contributed by atoms with Crippen LogP contribution in [0.5, 0.6) is 0 Å². The van der Waals surface area contributed by atoms with Gasteiger partial charge in [-0.2, -0.15) is 9.90 Å². The second kappa shape index (κ2) is 19.8.